The highest BCUT2D eigenvalue weighted by Crippen LogP contribution is 2.13. The molecule has 0 amide bonds. The number of hydrogen-bond acceptors (Lipinski definition) is 1. The van der Waals surface area contributed by atoms with Gasteiger partial charge in [-0.1, -0.05) is 19.4 Å². The summed E-state index contributed by atoms with van der Waals surface area (Å²) in [4.78, 5) is 0. The van der Waals surface area contributed by atoms with Crippen molar-refractivity contribution in [3.63, 3.8) is 0 Å². The molecule has 0 aromatic heterocycles. The highest BCUT2D eigenvalue weighted by atomic mass is 16.3. The fraction of sp³-hybridized carbons (Fsp3) is 0.800. The van der Waals surface area contributed by atoms with Crippen LogP contribution in [0.3, 0.4) is 0 Å². The molecule has 0 aliphatic heterocycles. The molecule has 11 heavy (non-hydrogen) atoms. The van der Waals surface area contributed by atoms with Crippen molar-refractivity contribution in [1.29, 1.82) is 0 Å². The lowest BCUT2D eigenvalue weighted by atomic mass is 9.98. The van der Waals surface area contributed by atoms with Crippen molar-refractivity contribution in [2.75, 3.05) is 6.61 Å². The molecule has 0 rings (SSSR count). The highest BCUT2D eigenvalue weighted by molar-refractivity contribution is 4.67. The zero-order valence-electron chi connectivity index (χ0n) is 7.55. The van der Waals surface area contributed by atoms with Crippen molar-refractivity contribution in [2.45, 2.75) is 39.0 Å². The maximum absolute atomic E-state index is 8.93. The van der Waals surface area contributed by atoms with E-state index in [1.54, 1.807) is 0 Å². The summed E-state index contributed by atoms with van der Waals surface area (Å²) in [7, 11) is 0. The van der Waals surface area contributed by atoms with Gasteiger partial charge in [0.2, 0.25) is 0 Å². The van der Waals surface area contributed by atoms with Gasteiger partial charge in [-0.15, -0.1) is 6.58 Å². The van der Waals surface area contributed by atoms with Gasteiger partial charge in [0, 0.05) is 6.61 Å². The minimum atomic E-state index is 0.352. The zero-order chi connectivity index (χ0) is 8.53. The first-order chi connectivity index (χ1) is 5.35. The van der Waals surface area contributed by atoms with Crippen LogP contribution in [0.5, 0.6) is 0 Å². The van der Waals surface area contributed by atoms with Crippen molar-refractivity contribution in [2.24, 2.45) is 5.92 Å². The molecule has 1 heteroatoms. The second-order valence-corrected chi connectivity index (χ2v) is 3.06. The summed E-state index contributed by atoms with van der Waals surface area (Å²) in [6.45, 7) is 6.18. The van der Waals surface area contributed by atoms with Crippen LogP contribution >= 0.6 is 0 Å². The Morgan fingerprint density at radius 2 is 2.18 bits per heavy atom. The van der Waals surface area contributed by atoms with Crippen molar-refractivity contribution in [1.82, 2.24) is 0 Å². The predicted octanol–water partition coefficient (Wildman–Crippen LogP) is 2.75. The molecule has 0 spiro atoms. The van der Waals surface area contributed by atoms with E-state index in [0.29, 0.717) is 12.5 Å². The SMILES string of the molecule is C=CCCCC(CO)CCC. The molecule has 1 atom stereocenters. The maximum Gasteiger partial charge on any atom is 0.0459 e. The molecule has 0 bridgehead atoms. The Bertz CT molecular complexity index is 88.9. The molecule has 1 nitrogen and oxygen atoms in total. The molecule has 0 aromatic rings. The van der Waals surface area contributed by atoms with E-state index in [1.165, 1.54) is 12.8 Å². The smallest absolute Gasteiger partial charge is 0.0459 e. The Kier molecular flexibility index (Phi) is 7.59. The van der Waals surface area contributed by atoms with Crippen LogP contribution in [0.25, 0.3) is 0 Å². The summed E-state index contributed by atoms with van der Waals surface area (Å²) >= 11 is 0. The lowest BCUT2D eigenvalue weighted by Gasteiger charge is -2.11. The number of aliphatic hydroxyl groups is 1. The van der Waals surface area contributed by atoms with Gasteiger partial charge in [-0.3, -0.25) is 0 Å². The number of rotatable bonds is 7. The number of aliphatic hydroxyl groups excluding tert-OH is 1. The van der Waals surface area contributed by atoms with Crippen LogP contribution in [0.4, 0.5) is 0 Å². The summed E-state index contributed by atoms with van der Waals surface area (Å²) in [6, 6.07) is 0. The van der Waals surface area contributed by atoms with Gasteiger partial charge < -0.3 is 5.11 Å². The fourth-order valence-electron chi connectivity index (χ4n) is 1.29. The second kappa shape index (κ2) is 7.80. The zero-order valence-corrected chi connectivity index (χ0v) is 7.55. The molecular formula is C10H20O. The third-order valence-corrected chi connectivity index (χ3v) is 1.98. The molecule has 0 aliphatic carbocycles. The van der Waals surface area contributed by atoms with Gasteiger partial charge in [0.25, 0.3) is 0 Å². The van der Waals surface area contributed by atoms with E-state index in [-0.39, 0.29) is 0 Å². The van der Waals surface area contributed by atoms with Crippen LogP contribution in [-0.2, 0) is 0 Å². The van der Waals surface area contributed by atoms with E-state index in [0.717, 1.165) is 19.3 Å². The normalized spacial score (nSPS) is 12.9. The third kappa shape index (κ3) is 6.11. The molecule has 0 fully saturated rings. The first-order valence-corrected chi connectivity index (χ1v) is 4.56. The first-order valence-electron chi connectivity index (χ1n) is 4.56. The topological polar surface area (TPSA) is 20.2 Å². The standard InChI is InChI=1S/C10H20O/c1-3-5-6-8-10(9-11)7-4-2/h3,10-11H,1,4-9H2,2H3. The second-order valence-electron chi connectivity index (χ2n) is 3.06. The van der Waals surface area contributed by atoms with Crippen LogP contribution in [0, 0.1) is 5.92 Å². The fourth-order valence-corrected chi connectivity index (χ4v) is 1.29. The van der Waals surface area contributed by atoms with Crippen LogP contribution in [0.1, 0.15) is 39.0 Å². The van der Waals surface area contributed by atoms with Crippen LogP contribution in [0.2, 0.25) is 0 Å². The van der Waals surface area contributed by atoms with E-state index < -0.39 is 0 Å². The molecule has 0 radical (unpaired) electrons. The molecule has 66 valence electrons. The molecule has 0 saturated carbocycles. The largest absolute Gasteiger partial charge is 0.396 e. The molecule has 1 unspecified atom stereocenters. The van der Waals surface area contributed by atoms with E-state index in [2.05, 4.69) is 13.5 Å². The minimum Gasteiger partial charge on any atom is -0.396 e. The van der Waals surface area contributed by atoms with Crippen molar-refractivity contribution in [3.8, 4) is 0 Å². The molecule has 1 N–H and O–H groups in total. The molecular weight excluding hydrogens is 136 g/mol. The van der Waals surface area contributed by atoms with Crippen LogP contribution < -0.4 is 0 Å². The van der Waals surface area contributed by atoms with Crippen molar-refractivity contribution >= 4 is 0 Å². The van der Waals surface area contributed by atoms with Gasteiger partial charge in [-0.2, -0.15) is 0 Å². The molecule has 0 aromatic carbocycles. The summed E-state index contributed by atoms with van der Waals surface area (Å²) in [5.41, 5.74) is 0. The lowest BCUT2D eigenvalue weighted by molar-refractivity contribution is 0.208. The summed E-state index contributed by atoms with van der Waals surface area (Å²) in [5.74, 6) is 0.528. The summed E-state index contributed by atoms with van der Waals surface area (Å²) in [5, 5.41) is 8.93. The van der Waals surface area contributed by atoms with E-state index in [4.69, 9.17) is 5.11 Å². The summed E-state index contributed by atoms with van der Waals surface area (Å²) < 4.78 is 0. The van der Waals surface area contributed by atoms with Crippen molar-refractivity contribution < 1.29 is 5.11 Å². The quantitative estimate of drug-likeness (QED) is 0.444. The monoisotopic (exact) mass is 156 g/mol. The van der Waals surface area contributed by atoms with Crippen molar-refractivity contribution in [3.05, 3.63) is 12.7 Å². The van der Waals surface area contributed by atoms with E-state index in [1.807, 2.05) is 6.08 Å². The third-order valence-electron chi connectivity index (χ3n) is 1.98. The number of allylic oxidation sites excluding steroid dienone is 1. The van der Waals surface area contributed by atoms with E-state index in [9.17, 15) is 0 Å². The van der Waals surface area contributed by atoms with E-state index >= 15 is 0 Å². The van der Waals surface area contributed by atoms with Crippen LogP contribution in [0.15, 0.2) is 12.7 Å². The predicted molar refractivity (Wildman–Crippen MR) is 49.5 cm³/mol. The maximum atomic E-state index is 8.93. The Morgan fingerprint density at radius 3 is 2.64 bits per heavy atom. The Hall–Kier alpha value is -0.300. The number of unbranched alkanes of at least 4 members (excludes halogenated alkanes) is 1. The first kappa shape index (κ1) is 10.7. The lowest BCUT2D eigenvalue weighted by Crippen LogP contribution is -2.04. The molecule has 0 heterocycles. The summed E-state index contributed by atoms with van der Waals surface area (Å²) in [6.07, 6.45) is 7.69. The van der Waals surface area contributed by atoms with Crippen LogP contribution in [-0.4, -0.2) is 11.7 Å². The Labute approximate surface area is 70.1 Å². The van der Waals surface area contributed by atoms with Gasteiger partial charge >= 0.3 is 0 Å². The van der Waals surface area contributed by atoms with Gasteiger partial charge in [0.15, 0.2) is 0 Å². The average Bonchev–Trinajstić information content (AvgIpc) is 2.03. The average molecular weight is 156 g/mol. The molecule has 0 aliphatic rings. The van der Waals surface area contributed by atoms with Gasteiger partial charge in [-0.25, -0.2) is 0 Å². The highest BCUT2D eigenvalue weighted by Gasteiger charge is 2.04. The Balaban J connectivity index is 3.27. The minimum absolute atomic E-state index is 0.352. The van der Waals surface area contributed by atoms with Gasteiger partial charge in [0.05, 0.1) is 0 Å². The molecule has 0 saturated heterocycles. The number of hydrogen-bond donors (Lipinski definition) is 1. The van der Waals surface area contributed by atoms with Gasteiger partial charge in [0.1, 0.15) is 0 Å². The van der Waals surface area contributed by atoms with Gasteiger partial charge in [-0.05, 0) is 31.6 Å². The Morgan fingerprint density at radius 1 is 1.45 bits per heavy atom.